The maximum absolute atomic E-state index is 12.7. The number of hydrogen-bond acceptors (Lipinski definition) is 2. The summed E-state index contributed by atoms with van der Waals surface area (Å²) in [4.78, 5) is 16.8. The van der Waals surface area contributed by atoms with E-state index in [4.69, 9.17) is 0 Å². The van der Waals surface area contributed by atoms with E-state index in [2.05, 4.69) is 30.7 Å². The van der Waals surface area contributed by atoms with E-state index < -0.39 is 0 Å². The predicted molar refractivity (Wildman–Crippen MR) is 78.8 cm³/mol. The Morgan fingerprint density at radius 3 is 2.95 bits per heavy atom. The average molecular weight is 270 g/mol. The standard InChI is InChI=1S/C17H22N2O/c1-12-16(2,3)14-6-7-17(12,9-14)15(20)19-11-13-5-4-8-18-10-13/h4-5,8,10,14H,1,6-7,9,11H2,2-3H3,(H,19,20). The maximum atomic E-state index is 12.7. The van der Waals surface area contributed by atoms with Gasteiger partial charge in [0.15, 0.2) is 0 Å². The van der Waals surface area contributed by atoms with Crippen molar-refractivity contribution in [2.75, 3.05) is 0 Å². The van der Waals surface area contributed by atoms with Crippen molar-refractivity contribution in [3.05, 3.63) is 42.2 Å². The second kappa shape index (κ2) is 4.44. The van der Waals surface area contributed by atoms with Crippen LogP contribution in [0.25, 0.3) is 0 Å². The SMILES string of the molecule is C=C1C2(C(=O)NCc3cccnc3)CCC(C2)C1(C)C. The molecule has 2 unspecified atom stereocenters. The molecule has 106 valence electrons. The highest BCUT2D eigenvalue weighted by Crippen LogP contribution is 2.65. The zero-order chi connectivity index (χ0) is 14.4. The first kappa shape index (κ1) is 13.3. The van der Waals surface area contributed by atoms with Crippen LogP contribution in [-0.2, 0) is 11.3 Å². The number of rotatable bonds is 3. The molecule has 3 nitrogen and oxygen atoms in total. The Bertz CT molecular complexity index is 549. The lowest BCUT2D eigenvalue weighted by molar-refractivity contribution is -0.128. The molecule has 1 aromatic heterocycles. The third-order valence-electron chi connectivity index (χ3n) is 5.50. The van der Waals surface area contributed by atoms with Crippen LogP contribution in [0, 0.1) is 16.7 Å². The van der Waals surface area contributed by atoms with Crippen molar-refractivity contribution in [2.45, 2.75) is 39.7 Å². The van der Waals surface area contributed by atoms with Crippen LogP contribution in [0.4, 0.5) is 0 Å². The van der Waals surface area contributed by atoms with Crippen LogP contribution < -0.4 is 5.32 Å². The molecule has 2 saturated carbocycles. The molecule has 0 aromatic carbocycles. The first-order valence-corrected chi connectivity index (χ1v) is 7.34. The maximum Gasteiger partial charge on any atom is 0.230 e. The lowest BCUT2D eigenvalue weighted by atomic mass is 9.68. The molecule has 2 fully saturated rings. The van der Waals surface area contributed by atoms with Gasteiger partial charge in [-0.15, -0.1) is 0 Å². The molecule has 20 heavy (non-hydrogen) atoms. The second-order valence-corrected chi connectivity index (χ2v) is 6.77. The summed E-state index contributed by atoms with van der Waals surface area (Å²) in [5, 5.41) is 3.09. The van der Waals surface area contributed by atoms with Crippen LogP contribution in [-0.4, -0.2) is 10.9 Å². The summed E-state index contributed by atoms with van der Waals surface area (Å²) in [6, 6.07) is 3.87. The largest absolute Gasteiger partial charge is 0.351 e. The molecule has 0 aliphatic heterocycles. The number of amides is 1. The van der Waals surface area contributed by atoms with Crippen LogP contribution in [0.5, 0.6) is 0 Å². The number of carbonyl (C=O) groups is 1. The van der Waals surface area contributed by atoms with Crippen molar-refractivity contribution in [1.82, 2.24) is 10.3 Å². The molecule has 0 saturated heterocycles. The molecular formula is C17H22N2O. The van der Waals surface area contributed by atoms with Gasteiger partial charge >= 0.3 is 0 Å². The van der Waals surface area contributed by atoms with E-state index in [0.29, 0.717) is 12.5 Å². The van der Waals surface area contributed by atoms with Crippen molar-refractivity contribution < 1.29 is 4.79 Å². The van der Waals surface area contributed by atoms with E-state index in [1.165, 1.54) is 0 Å². The van der Waals surface area contributed by atoms with Crippen molar-refractivity contribution in [3.63, 3.8) is 0 Å². The highest BCUT2D eigenvalue weighted by molar-refractivity contribution is 5.87. The summed E-state index contributed by atoms with van der Waals surface area (Å²) in [6.07, 6.45) is 6.61. The molecule has 3 heteroatoms. The molecule has 1 N–H and O–H groups in total. The second-order valence-electron chi connectivity index (χ2n) is 6.77. The Balaban J connectivity index is 1.73. The summed E-state index contributed by atoms with van der Waals surface area (Å²) in [6.45, 7) is 9.28. The average Bonchev–Trinajstić information content (AvgIpc) is 2.98. The number of pyridine rings is 1. The molecule has 0 radical (unpaired) electrons. The summed E-state index contributed by atoms with van der Waals surface area (Å²) in [5.41, 5.74) is 1.94. The fourth-order valence-corrected chi connectivity index (χ4v) is 4.00. The van der Waals surface area contributed by atoms with Crippen LogP contribution in [0.3, 0.4) is 0 Å². The van der Waals surface area contributed by atoms with Crippen LogP contribution >= 0.6 is 0 Å². The zero-order valence-corrected chi connectivity index (χ0v) is 12.3. The topological polar surface area (TPSA) is 42.0 Å². The van der Waals surface area contributed by atoms with E-state index >= 15 is 0 Å². The van der Waals surface area contributed by atoms with E-state index in [0.717, 1.165) is 30.4 Å². The van der Waals surface area contributed by atoms with Crippen molar-refractivity contribution in [2.24, 2.45) is 16.7 Å². The Kier molecular flexibility index (Phi) is 2.96. The van der Waals surface area contributed by atoms with Gasteiger partial charge in [-0.2, -0.15) is 0 Å². The number of hydrogen-bond donors (Lipinski definition) is 1. The molecule has 2 atom stereocenters. The highest BCUT2D eigenvalue weighted by atomic mass is 16.2. The fraction of sp³-hybridized carbons (Fsp3) is 0.529. The third-order valence-corrected chi connectivity index (χ3v) is 5.50. The molecule has 2 aliphatic rings. The van der Waals surface area contributed by atoms with E-state index in [9.17, 15) is 4.79 Å². The molecule has 1 heterocycles. The Morgan fingerprint density at radius 1 is 1.55 bits per heavy atom. The number of aromatic nitrogens is 1. The third kappa shape index (κ3) is 1.80. The summed E-state index contributed by atoms with van der Waals surface area (Å²) in [7, 11) is 0. The molecular weight excluding hydrogens is 248 g/mol. The van der Waals surface area contributed by atoms with Crippen LogP contribution in [0.15, 0.2) is 36.7 Å². The molecule has 2 bridgehead atoms. The first-order valence-electron chi connectivity index (χ1n) is 7.34. The van der Waals surface area contributed by atoms with Gasteiger partial charge in [0.1, 0.15) is 0 Å². The van der Waals surface area contributed by atoms with Gasteiger partial charge in [0, 0.05) is 18.9 Å². The quantitative estimate of drug-likeness (QED) is 0.858. The van der Waals surface area contributed by atoms with E-state index in [1.54, 1.807) is 12.4 Å². The lowest BCUT2D eigenvalue weighted by Crippen LogP contribution is -2.41. The number of carbonyl (C=O) groups excluding carboxylic acids is 1. The van der Waals surface area contributed by atoms with Crippen molar-refractivity contribution in [3.8, 4) is 0 Å². The molecule has 1 amide bonds. The highest BCUT2D eigenvalue weighted by Gasteiger charge is 2.60. The van der Waals surface area contributed by atoms with Crippen molar-refractivity contribution >= 4 is 5.91 Å². The normalized spacial score (nSPS) is 30.5. The molecule has 0 spiro atoms. The minimum absolute atomic E-state index is 0.101. The first-order chi connectivity index (χ1) is 9.47. The number of nitrogens with one attached hydrogen (secondary N) is 1. The fourth-order valence-electron chi connectivity index (χ4n) is 4.00. The van der Waals surface area contributed by atoms with E-state index in [-0.39, 0.29) is 16.7 Å². The van der Waals surface area contributed by atoms with Gasteiger partial charge in [-0.1, -0.05) is 32.1 Å². The number of fused-ring (bicyclic) bond motifs is 2. The van der Waals surface area contributed by atoms with Crippen LogP contribution in [0.1, 0.15) is 38.7 Å². The van der Waals surface area contributed by atoms with Gasteiger partial charge in [-0.25, -0.2) is 0 Å². The van der Waals surface area contributed by atoms with Gasteiger partial charge in [-0.3, -0.25) is 9.78 Å². The van der Waals surface area contributed by atoms with Gasteiger partial charge < -0.3 is 5.32 Å². The Hall–Kier alpha value is -1.64. The number of nitrogens with zero attached hydrogens (tertiary/aromatic N) is 1. The smallest absolute Gasteiger partial charge is 0.230 e. The Labute approximate surface area is 120 Å². The summed E-state index contributed by atoms with van der Waals surface area (Å²) < 4.78 is 0. The van der Waals surface area contributed by atoms with Crippen molar-refractivity contribution in [1.29, 1.82) is 0 Å². The van der Waals surface area contributed by atoms with Crippen LogP contribution in [0.2, 0.25) is 0 Å². The minimum Gasteiger partial charge on any atom is -0.351 e. The van der Waals surface area contributed by atoms with Gasteiger partial charge in [0.2, 0.25) is 5.91 Å². The molecule has 1 aromatic rings. The summed E-state index contributed by atoms with van der Waals surface area (Å²) in [5.74, 6) is 0.763. The minimum atomic E-state index is -0.323. The zero-order valence-electron chi connectivity index (χ0n) is 12.3. The van der Waals surface area contributed by atoms with Gasteiger partial charge in [0.05, 0.1) is 5.41 Å². The Morgan fingerprint density at radius 2 is 2.35 bits per heavy atom. The monoisotopic (exact) mass is 270 g/mol. The predicted octanol–water partition coefficient (Wildman–Crippen LogP) is 3.08. The van der Waals surface area contributed by atoms with Gasteiger partial charge in [-0.05, 0) is 42.2 Å². The van der Waals surface area contributed by atoms with E-state index in [1.807, 2.05) is 12.1 Å². The summed E-state index contributed by atoms with van der Waals surface area (Å²) >= 11 is 0. The molecule has 3 rings (SSSR count). The molecule has 2 aliphatic carbocycles. The van der Waals surface area contributed by atoms with Gasteiger partial charge in [0.25, 0.3) is 0 Å². The lowest BCUT2D eigenvalue weighted by Gasteiger charge is -2.37.